The molecule has 3 heterocycles. The van der Waals surface area contributed by atoms with Crippen molar-refractivity contribution < 1.29 is 63.2 Å². The molecule has 0 radical (unpaired) electrons. The Kier molecular flexibility index (Phi) is 8.54. The minimum absolute atomic E-state index is 0.0109. The Hall–Kier alpha value is -2.82. The Balaban J connectivity index is 1.57. The van der Waals surface area contributed by atoms with Crippen LogP contribution in [0.2, 0.25) is 0 Å². The fourth-order valence-electron chi connectivity index (χ4n) is 4.25. The number of hydrogen-bond acceptors (Lipinski definition) is 14. The number of benzene rings is 1. The van der Waals surface area contributed by atoms with Gasteiger partial charge in [0.2, 0.25) is 6.29 Å². The van der Waals surface area contributed by atoms with Crippen molar-refractivity contribution in [2.45, 2.75) is 75.3 Å². The van der Waals surface area contributed by atoms with E-state index < -0.39 is 79.6 Å². The molecule has 14 nitrogen and oxygen atoms in total. The van der Waals surface area contributed by atoms with Crippen LogP contribution in [0.5, 0.6) is 11.5 Å². The zero-order valence-electron chi connectivity index (χ0n) is 20.7. The predicted molar refractivity (Wildman–Crippen MR) is 124 cm³/mol. The first-order valence-electron chi connectivity index (χ1n) is 11.8. The third-order valence-electron chi connectivity index (χ3n) is 6.33. The van der Waals surface area contributed by atoms with Gasteiger partial charge in [-0.2, -0.15) is 0 Å². The van der Waals surface area contributed by atoms with Crippen molar-refractivity contribution in [2.75, 3.05) is 13.7 Å². The Morgan fingerprint density at radius 1 is 0.921 bits per heavy atom. The largest absolute Gasteiger partial charge is 0.493 e. The fraction of sp³-hybridized carbons (Fsp3) is 0.583. The molecule has 14 heteroatoms. The SMILES string of the molecule is COc1cc2ccc(=O)oc2cc1OC1OC(COC2OC(C)C(O)C(O)C2O)C(O)C(O)C1OC(C)=O. The summed E-state index contributed by atoms with van der Waals surface area (Å²) in [5.41, 5.74) is -0.443. The molecule has 2 aromatic rings. The summed E-state index contributed by atoms with van der Waals surface area (Å²) >= 11 is 0. The van der Waals surface area contributed by atoms with Crippen LogP contribution in [0.3, 0.4) is 0 Å². The van der Waals surface area contributed by atoms with Crippen LogP contribution >= 0.6 is 0 Å². The number of fused-ring (bicyclic) bond motifs is 1. The van der Waals surface area contributed by atoms with Crippen LogP contribution in [0.4, 0.5) is 0 Å². The van der Waals surface area contributed by atoms with E-state index in [-0.39, 0.29) is 17.1 Å². The van der Waals surface area contributed by atoms with E-state index in [0.29, 0.717) is 5.39 Å². The highest BCUT2D eigenvalue weighted by Crippen LogP contribution is 2.35. The molecule has 38 heavy (non-hydrogen) atoms. The van der Waals surface area contributed by atoms with Crippen molar-refractivity contribution in [1.82, 2.24) is 0 Å². The number of aliphatic hydroxyl groups excluding tert-OH is 5. The van der Waals surface area contributed by atoms with E-state index in [9.17, 15) is 35.1 Å². The van der Waals surface area contributed by atoms with Crippen LogP contribution in [-0.2, 0) is 23.7 Å². The van der Waals surface area contributed by atoms with E-state index in [1.54, 1.807) is 0 Å². The number of esters is 1. The van der Waals surface area contributed by atoms with Crippen molar-refractivity contribution >= 4 is 16.9 Å². The van der Waals surface area contributed by atoms with Crippen LogP contribution < -0.4 is 15.1 Å². The standard InChI is InChI=1S/C24H30O14/c1-9-17(27)19(29)21(31)23(34-9)33-8-15-18(28)20(30)22(35-10(2)25)24(38-15)37-14-7-12-11(6-13(14)32-3)4-5-16(26)36-12/h4-7,9,15,17-24,27-31H,8H2,1-3H3. The monoisotopic (exact) mass is 542 g/mol. The molecule has 2 saturated heterocycles. The van der Waals surface area contributed by atoms with E-state index >= 15 is 0 Å². The fourth-order valence-corrected chi connectivity index (χ4v) is 4.25. The molecule has 1 aromatic heterocycles. The number of carbonyl (C=O) groups excluding carboxylic acids is 1. The molecular weight excluding hydrogens is 512 g/mol. The lowest BCUT2D eigenvalue weighted by molar-refractivity contribution is -0.319. The molecule has 5 N–H and O–H groups in total. The first-order valence-corrected chi connectivity index (χ1v) is 11.8. The van der Waals surface area contributed by atoms with Crippen LogP contribution in [0.25, 0.3) is 11.0 Å². The van der Waals surface area contributed by atoms with Crippen molar-refractivity contribution in [3.63, 3.8) is 0 Å². The summed E-state index contributed by atoms with van der Waals surface area (Å²) < 4.78 is 38.2. The number of methoxy groups -OCH3 is 1. The molecule has 2 aliphatic heterocycles. The van der Waals surface area contributed by atoms with Gasteiger partial charge in [0.05, 0.1) is 19.8 Å². The average Bonchev–Trinajstić information content (AvgIpc) is 2.88. The van der Waals surface area contributed by atoms with Gasteiger partial charge in [-0.05, 0) is 19.1 Å². The van der Waals surface area contributed by atoms with Crippen LogP contribution in [-0.4, -0.2) is 107 Å². The first kappa shape index (κ1) is 28.2. The van der Waals surface area contributed by atoms with E-state index in [2.05, 4.69) is 0 Å². The van der Waals surface area contributed by atoms with Gasteiger partial charge < -0.3 is 58.4 Å². The van der Waals surface area contributed by atoms with Gasteiger partial charge in [-0.25, -0.2) is 4.79 Å². The highest BCUT2D eigenvalue weighted by molar-refractivity contribution is 5.80. The molecule has 10 atom stereocenters. The van der Waals surface area contributed by atoms with Gasteiger partial charge in [-0.1, -0.05) is 0 Å². The highest BCUT2D eigenvalue weighted by atomic mass is 16.7. The Morgan fingerprint density at radius 3 is 2.34 bits per heavy atom. The number of hydrogen-bond donors (Lipinski definition) is 5. The summed E-state index contributed by atoms with van der Waals surface area (Å²) in [7, 11) is 1.37. The molecule has 0 amide bonds. The number of rotatable bonds is 7. The van der Waals surface area contributed by atoms with Gasteiger partial charge in [-0.15, -0.1) is 0 Å². The summed E-state index contributed by atoms with van der Waals surface area (Å²) in [6, 6.07) is 5.65. The van der Waals surface area contributed by atoms with Gasteiger partial charge in [0.25, 0.3) is 0 Å². The zero-order chi connectivity index (χ0) is 27.7. The molecule has 2 fully saturated rings. The number of ether oxygens (including phenoxy) is 6. The first-order chi connectivity index (χ1) is 18.0. The summed E-state index contributed by atoms with van der Waals surface area (Å²) in [6.07, 6.45) is -14.4. The minimum atomic E-state index is -1.70. The Bertz CT molecular complexity index is 1180. The van der Waals surface area contributed by atoms with E-state index in [1.165, 1.54) is 38.3 Å². The third kappa shape index (κ3) is 5.77. The van der Waals surface area contributed by atoms with Crippen LogP contribution in [0.1, 0.15) is 13.8 Å². The van der Waals surface area contributed by atoms with E-state index in [4.69, 9.17) is 32.8 Å². The topological polar surface area (TPSA) is 204 Å². The molecule has 0 bridgehead atoms. The van der Waals surface area contributed by atoms with Gasteiger partial charge in [-0.3, -0.25) is 4.79 Å². The Labute approximate surface area is 215 Å². The maximum absolute atomic E-state index is 11.7. The van der Waals surface area contributed by atoms with Crippen molar-refractivity contribution in [1.29, 1.82) is 0 Å². The quantitative estimate of drug-likeness (QED) is 0.198. The minimum Gasteiger partial charge on any atom is -0.493 e. The second-order valence-electron chi connectivity index (χ2n) is 9.03. The van der Waals surface area contributed by atoms with Gasteiger partial charge in [0, 0.05) is 24.4 Å². The maximum Gasteiger partial charge on any atom is 0.336 e. The smallest absolute Gasteiger partial charge is 0.336 e. The summed E-state index contributed by atoms with van der Waals surface area (Å²) in [4.78, 5) is 23.4. The molecule has 210 valence electrons. The molecule has 1 aromatic carbocycles. The number of carbonyl (C=O) groups is 1. The average molecular weight is 542 g/mol. The number of aliphatic hydroxyl groups is 5. The lowest BCUT2D eigenvalue weighted by Gasteiger charge is -2.43. The van der Waals surface area contributed by atoms with E-state index in [0.717, 1.165) is 6.92 Å². The van der Waals surface area contributed by atoms with Gasteiger partial charge in [0.1, 0.15) is 42.2 Å². The summed E-state index contributed by atoms with van der Waals surface area (Å²) in [6.45, 7) is 2.10. The van der Waals surface area contributed by atoms with Crippen LogP contribution in [0, 0.1) is 0 Å². The highest BCUT2D eigenvalue weighted by Gasteiger charge is 2.49. The molecule has 4 rings (SSSR count). The summed E-state index contributed by atoms with van der Waals surface area (Å²) in [5.74, 6) is -0.577. The normalized spacial score (nSPS) is 35.6. The van der Waals surface area contributed by atoms with E-state index in [1.807, 2.05) is 0 Å². The molecule has 0 saturated carbocycles. The predicted octanol–water partition coefficient (Wildman–Crippen LogP) is -1.60. The zero-order valence-corrected chi connectivity index (χ0v) is 20.7. The van der Waals surface area contributed by atoms with Crippen molar-refractivity contribution in [3.8, 4) is 11.5 Å². The second-order valence-corrected chi connectivity index (χ2v) is 9.03. The lowest BCUT2D eigenvalue weighted by atomic mass is 9.98. The third-order valence-corrected chi connectivity index (χ3v) is 6.33. The lowest BCUT2D eigenvalue weighted by Crippen LogP contribution is -2.62. The molecule has 0 spiro atoms. The van der Waals surface area contributed by atoms with Gasteiger partial charge in [0.15, 0.2) is 23.9 Å². The van der Waals surface area contributed by atoms with Crippen molar-refractivity contribution in [3.05, 3.63) is 34.7 Å². The Morgan fingerprint density at radius 2 is 1.66 bits per heavy atom. The van der Waals surface area contributed by atoms with Crippen LogP contribution in [0.15, 0.2) is 33.5 Å². The van der Waals surface area contributed by atoms with Crippen molar-refractivity contribution in [2.24, 2.45) is 0 Å². The van der Waals surface area contributed by atoms with Gasteiger partial charge >= 0.3 is 11.6 Å². The molecule has 2 aliphatic rings. The molecule has 10 unspecified atom stereocenters. The second kappa shape index (κ2) is 11.5. The molecule has 0 aliphatic carbocycles. The molecular formula is C24H30O14. The maximum atomic E-state index is 11.7. The summed E-state index contributed by atoms with van der Waals surface area (Å²) in [5, 5.41) is 52.0.